The fourth-order valence-electron chi connectivity index (χ4n) is 4.17. The lowest BCUT2D eigenvalue weighted by Gasteiger charge is -2.39. The first-order chi connectivity index (χ1) is 16.7. The molecule has 1 atom stereocenters. The number of halogens is 2. The Labute approximate surface area is 208 Å². The van der Waals surface area contributed by atoms with Crippen molar-refractivity contribution >= 4 is 29.2 Å². The van der Waals surface area contributed by atoms with Crippen LogP contribution in [0.4, 0.5) is 10.1 Å². The van der Waals surface area contributed by atoms with Crippen molar-refractivity contribution in [2.24, 2.45) is 5.41 Å². The Morgan fingerprint density at radius 2 is 1.91 bits per heavy atom. The third kappa shape index (κ3) is 6.21. The van der Waals surface area contributed by atoms with Crippen molar-refractivity contribution in [3.63, 3.8) is 0 Å². The van der Waals surface area contributed by atoms with Gasteiger partial charge in [-0.2, -0.15) is 5.26 Å². The average Bonchev–Trinajstić information content (AvgIpc) is 2.85. The molecule has 0 bridgehead atoms. The molecule has 1 amide bonds. The molecule has 3 N–H and O–H groups in total. The largest absolute Gasteiger partial charge is 0.478 e. The maximum atomic E-state index is 13.2. The highest BCUT2D eigenvalue weighted by atomic mass is 35.5. The number of fused-ring (bicyclic) bond motifs is 1. The van der Waals surface area contributed by atoms with Gasteiger partial charge in [0.1, 0.15) is 11.6 Å². The predicted octanol–water partition coefficient (Wildman–Crippen LogP) is 3.56. The molecule has 0 radical (unpaired) electrons. The highest BCUT2D eigenvalue weighted by Crippen LogP contribution is 2.37. The molecule has 2 heterocycles. The lowest BCUT2D eigenvalue weighted by molar-refractivity contribution is -0.140. The second-order valence-electron chi connectivity index (χ2n) is 8.64. The van der Waals surface area contributed by atoms with E-state index in [1.807, 2.05) is 14.1 Å². The van der Waals surface area contributed by atoms with E-state index < -0.39 is 17.5 Å². The summed E-state index contributed by atoms with van der Waals surface area (Å²) in [4.78, 5) is 26.0. The van der Waals surface area contributed by atoms with E-state index in [1.54, 1.807) is 17.0 Å². The van der Waals surface area contributed by atoms with Crippen molar-refractivity contribution in [2.45, 2.75) is 25.4 Å². The van der Waals surface area contributed by atoms with Gasteiger partial charge in [0.25, 0.3) is 5.91 Å². The van der Waals surface area contributed by atoms with Gasteiger partial charge >= 0.3 is 5.97 Å². The number of nitriles is 1. The normalized spacial score (nSPS) is 18.0. The van der Waals surface area contributed by atoms with Crippen LogP contribution in [0.1, 0.15) is 28.8 Å². The van der Waals surface area contributed by atoms with Gasteiger partial charge in [-0.25, -0.2) is 9.18 Å². The molecule has 1 fully saturated rings. The molecule has 4 rings (SSSR count). The van der Waals surface area contributed by atoms with E-state index in [9.17, 15) is 24.3 Å². The topological polar surface area (TPSA) is 115 Å². The Hall–Kier alpha value is -3.35. The number of likely N-dealkylation sites (tertiary alicyclic amines) is 1. The summed E-state index contributed by atoms with van der Waals surface area (Å²) in [7, 11) is 3.75. The smallest absolute Gasteiger partial charge is 0.337 e. The maximum absolute atomic E-state index is 13.2. The molecule has 0 aliphatic carbocycles. The Bertz CT molecular complexity index is 1110. The van der Waals surface area contributed by atoms with Crippen molar-refractivity contribution in [3.05, 3.63) is 58.4 Å². The zero-order valence-corrected chi connectivity index (χ0v) is 20.4. The molecule has 186 valence electrons. The van der Waals surface area contributed by atoms with Gasteiger partial charge < -0.3 is 25.4 Å². The summed E-state index contributed by atoms with van der Waals surface area (Å²) < 4.78 is 19.0. The fraction of sp³-hybridized carbons (Fsp3) is 0.400. The zero-order chi connectivity index (χ0) is 25.6. The number of carbonyl (C=O) groups excluding carboxylic acids is 1. The van der Waals surface area contributed by atoms with Gasteiger partial charge in [-0.05, 0) is 63.2 Å². The first kappa shape index (κ1) is 26.3. The minimum absolute atomic E-state index is 0.0853. The highest BCUT2D eigenvalue weighted by Gasteiger charge is 2.39. The molecular weight excluding hydrogens is 475 g/mol. The number of benzene rings is 2. The van der Waals surface area contributed by atoms with Gasteiger partial charge in [0.05, 0.1) is 34.3 Å². The number of hydrogen-bond acceptors (Lipinski definition) is 6. The lowest BCUT2D eigenvalue weighted by Crippen LogP contribution is -2.51. The van der Waals surface area contributed by atoms with Crippen LogP contribution < -0.4 is 15.4 Å². The summed E-state index contributed by atoms with van der Waals surface area (Å²) in [6.07, 6.45) is 0.695. The van der Waals surface area contributed by atoms with Crippen LogP contribution in [-0.2, 0) is 11.2 Å². The molecule has 0 spiro atoms. The summed E-state index contributed by atoms with van der Waals surface area (Å²) >= 11 is 5.99. The fourth-order valence-corrected chi connectivity index (χ4v) is 4.41. The summed E-state index contributed by atoms with van der Waals surface area (Å²) in [5.41, 5.74) is 0.709. The molecule has 1 unspecified atom stereocenters. The maximum Gasteiger partial charge on any atom is 0.337 e. The van der Waals surface area contributed by atoms with Crippen molar-refractivity contribution in [2.75, 3.05) is 39.0 Å². The van der Waals surface area contributed by atoms with Crippen LogP contribution in [0.5, 0.6) is 5.75 Å². The van der Waals surface area contributed by atoms with E-state index in [1.165, 1.54) is 24.3 Å². The van der Waals surface area contributed by atoms with Crippen LogP contribution in [0.2, 0.25) is 5.02 Å². The van der Waals surface area contributed by atoms with Gasteiger partial charge in [-0.3, -0.25) is 4.79 Å². The highest BCUT2D eigenvalue weighted by molar-refractivity contribution is 6.34. The average molecular weight is 503 g/mol. The molecule has 2 aromatic carbocycles. The van der Waals surface area contributed by atoms with Crippen molar-refractivity contribution < 1.29 is 23.8 Å². The van der Waals surface area contributed by atoms with Crippen LogP contribution in [0.15, 0.2) is 36.4 Å². The molecular formula is C25H28ClFN4O4. The van der Waals surface area contributed by atoms with Gasteiger partial charge in [0.2, 0.25) is 0 Å². The molecule has 2 aliphatic rings. The first-order valence-corrected chi connectivity index (χ1v) is 11.6. The van der Waals surface area contributed by atoms with Crippen LogP contribution >= 0.6 is 11.6 Å². The Balaban J connectivity index is 0.00000108. The summed E-state index contributed by atoms with van der Waals surface area (Å²) in [6.45, 7) is 1.03. The second-order valence-corrected chi connectivity index (χ2v) is 9.05. The Morgan fingerprint density at radius 3 is 2.49 bits per heavy atom. The van der Waals surface area contributed by atoms with E-state index in [4.69, 9.17) is 16.3 Å². The van der Waals surface area contributed by atoms with Crippen LogP contribution in [0.3, 0.4) is 0 Å². The van der Waals surface area contributed by atoms with Crippen LogP contribution in [0, 0.1) is 22.6 Å². The number of carbonyl (C=O) groups is 2. The minimum atomic E-state index is -1.18. The van der Waals surface area contributed by atoms with Gasteiger partial charge in [0, 0.05) is 13.1 Å². The molecule has 1 saturated heterocycles. The number of nitrogens with zero attached hydrogens (tertiary/aromatic N) is 2. The predicted molar refractivity (Wildman–Crippen MR) is 130 cm³/mol. The molecule has 2 aliphatic heterocycles. The van der Waals surface area contributed by atoms with Crippen molar-refractivity contribution in [3.8, 4) is 11.8 Å². The SMILES string of the molecule is CNC.N#CC1(Cc2ccc(F)cc2)CCN(C(=O)C2CNc3cc(Cl)c(C(=O)O)cc3O2)CC1. The number of rotatable bonds is 4. The number of nitrogens with one attached hydrogen (secondary N) is 2. The van der Waals surface area contributed by atoms with Crippen molar-refractivity contribution in [1.82, 2.24) is 10.2 Å². The number of ether oxygens (including phenoxy) is 1. The number of piperidine rings is 1. The monoisotopic (exact) mass is 502 g/mol. The number of hydrogen-bond donors (Lipinski definition) is 3. The lowest BCUT2D eigenvalue weighted by atomic mass is 9.75. The van der Waals surface area contributed by atoms with E-state index in [0.717, 1.165) is 5.56 Å². The minimum Gasteiger partial charge on any atom is -0.478 e. The van der Waals surface area contributed by atoms with E-state index in [2.05, 4.69) is 16.7 Å². The number of amides is 1. The number of anilines is 1. The van der Waals surface area contributed by atoms with Crippen LogP contribution in [-0.4, -0.2) is 61.7 Å². The molecule has 8 nitrogen and oxygen atoms in total. The van der Waals surface area contributed by atoms with Gasteiger partial charge in [0.15, 0.2) is 6.10 Å². The zero-order valence-electron chi connectivity index (χ0n) is 19.6. The molecule has 0 saturated carbocycles. The van der Waals surface area contributed by atoms with Gasteiger partial charge in [-0.1, -0.05) is 23.7 Å². The quantitative estimate of drug-likeness (QED) is 0.585. The van der Waals surface area contributed by atoms with E-state index in [0.29, 0.717) is 38.0 Å². The number of carboxylic acids is 1. The third-order valence-electron chi connectivity index (χ3n) is 6.05. The van der Waals surface area contributed by atoms with E-state index >= 15 is 0 Å². The Kier molecular flexibility index (Phi) is 8.54. The second kappa shape index (κ2) is 11.4. The van der Waals surface area contributed by atoms with Crippen LogP contribution in [0.25, 0.3) is 0 Å². The number of carboxylic acid groups (broad SMARTS) is 1. The van der Waals surface area contributed by atoms with Crippen molar-refractivity contribution in [1.29, 1.82) is 5.26 Å². The van der Waals surface area contributed by atoms with E-state index in [-0.39, 0.29) is 34.6 Å². The molecule has 2 aromatic rings. The number of aromatic carboxylic acids is 1. The molecule has 35 heavy (non-hydrogen) atoms. The summed E-state index contributed by atoms with van der Waals surface area (Å²) in [5.74, 6) is -1.46. The first-order valence-electron chi connectivity index (χ1n) is 11.2. The summed E-state index contributed by atoms with van der Waals surface area (Å²) in [6, 6.07) is 11.3. The Morgan fingerprint density at radius 1 is 1.29 bits per heavy atom. The molecule has 10 heteroatoms. The molecule has 0 aromatic heterocycles. The third-order valence-corrected chi connectivity index (χ3v) is 6.36. The standard InChI is InChI=1S/C23H21ClFN3O4.C2H7N/c24-17-10-18-19(9-16(17)22(30)31)32-20(12-27-18)21(29)28-7-5-23(13-26,6-8-28)11-14-1-3-15(25)4-2-14;1-3-2/h1-4,9-10,20,27H,5-8,11-12H2,(H,30,31);3H,1-2H3. The summed E-state index contributed by atoms with van der Waals surface area (Å²) in [5, 5.41) is 25.0. The van der Waals surface area contributed by atoms with Gasteiger partial charge in [-0.15, -0.1) is 0 Å².